The highest BCUT2D eigenvalue weighted by molar-refractivity contribution is 6.30. The van der Waals surface area contributed by atoms with Gasteiger partial charge in [-0.25, -0.2) is 9.97 Å². The van der Waals surface area contributed by atoms with Crippen LogP contribution in [0, 0.1) is 0 Å². The molecule has 90 valence electrons. The van der Waals surface area contributed by atoms with Crippen molar-refractivity contribution in [3.63, 3.8) is 0 Å². The van der Waals surface area contributed by atoms with E-state index in [9.17, 15) is 0 Å². The summed E-state index contributed by atoms with van der Waals surface area (Å²) in [5.41, 5.74) is 1.04. The molecule has 0 amide bonds. The Morgan fingerprint density at radius 2 is 1.88 bits per heavy atom. The zero-order chi connectivity index (χ0) is 12.1. The maximum absolute atomic E-state index is 6.09. The maximum Gasteiger partial charge on any atom is 0.137 e. The summed E-state index contributed by atoms with van der Waals surface area (Å²) in [4.78, 5) is 10.6. The predicted octanol–water partition coefficient (Wildman–Crippen LogP) is 3.32. The van der Waals surface area contributed by atoms with E-state index >= 15 is 0 Å². The van der Waals surface area contributed by atoms with E-state index in [-0.39, 0.29) is 0 Å². The molecule has 0 aliphatic heterocycles. The highest BCUT2D eigenvalue weighted by atomic mass is 35.5. The normalized spacial score (nSPS) is 10.9. The van der Waals surface area contributed by atoms with Crippen LogP contribution >= 0.6 is 11.6 Å². The van der Waals surface area contributed by atoms with Crippen molar-refractivity contribution in [2.24, 2.45) is 0 Å². The molecule has 0 aliphatic carbocycles. The van der Waals surface area contributed by atoms with Crippen LogP contribution in [0.15, 0.2) is 6.33 Å². The summed E-state index contributed by atoms with van der Waals surface area (Å²) in [7, 11) is 2.08. The molecule has 0 bridgehead atoms. The van der Waals surface area contributed by atoms with Crippen molar-refractivity contribution in [3.8, 4) is 0 Å². The van der Waals surface area contributed by atoms with Gasteiger partial charge in [0.15, 0.2) is 0 Å². The molecule has 0 spiro atoms. The van der Waals surface area contributed by atoms with Crippen LogP contribution in [0.25, 0.3) is 0 Å². The largest absolute Gasteiger partial charge is 0.356 e. The van der Waals surface area contributed by atoms with Gasteiger partial charge in [0.1, 0.15) is 17.3 Å². The molecule has 0 aliphatic rings. The second-order valence-electron chi connectivity index (χ2n) is 3.90. The first-order chi connectivity index (χ1) is 7.65. The summed E-state index contributed by atoms with van der Waals surface area (Å²) >= 11 is 6.09. The summed E-state index contributed by atoms with van der Waals surface area (Å²) in [5, 5.41) is 0.574. The van der Waals surface area contributed by atoms with Crippen LogP contribution in [0.2, 0.25) is 5.15 Å². The zero-order valence-corrected chi connectivity index (χ0v) is 11.3. The van der Waals surface area contributed by atoms with Crippen LogP contribution in [-0.4, -0.2) is 23.1 Å². The van der Waals surface area contributed by atoms with Gasteiger partial charge in [0.05, 0.1) is 0 Å². The van der Waals surface area contributed by atoms with Gasteiger partial charge in [0.2, 0.25) is 0 Å². The molecule has 0 saturated heterocycles. The topological polar surface area (TPSA) is 29.0 Å². The SMILES string of the molecule is CCc1c(Cl)ncnc1N(C)C(CC)CC. The van der Waals surface area contributed by atoms with Gasteiger partial charge in [-0.2, -0.15) is 0 Å². The summed E-state index contributed by atoms with van der Waals surface area (Å²) in [6.07, 6.45) is 4.62. The van der Waals surface area contributed by atoms with E-state index in [0.29, 0.717) is 11.2 Å². The number of anilines is 1. The average molecular weight is 242 g/mol. The molecule has 0 aromatic carbocycles. The van der Waals surface area contributed by atoms with Crippen molar-refractivity contribution in [1.29, 1.82) is 0 Å². The zero-order valence-electron chi connectivity index (χ0n) is 10.5. The fourth-order valence-electron chi connectivity index (χ4n) is 2.00. The van der Waals surface area contributed by atoms with E-state index in [0.717, 1.165) is 30.6 Å². The first kappa shape index (κ1) is 13.2. The third-order valence-corrected chi connectivity index (χ3v) is 3.37. The van der Waals surface area contributed by atoms with E-state index in [2.05, 4.69) is 42.7 Å². The first-order valence-electron chi connectivity index (χ1n) is 5.87. The van der Waals surface area contributed by atoms with Gasteiger partial charge < -0.3 is 4.90 Å². The quantitative estimate of drug-likeness (QED) is 0.741. The molecule has 0 atom stereocenters. The third kappa shape index (κ3) is 2.64. The standard InChI is InChI=1S/C12H20ClN3/c1-5-9(6-2)16(4)12-10(7-3)11(13)14-8-15-12/h8-9H,5-7H2,1-4H3. The molecule has 1 heterocycles. The Bertz CT molecular complexity index is 337. The smallest absolute Gasteiger partial charge is 0.137 e. The highest BCUT2D eigenvalue weighted by Gasteiger charge is 2.17. The number of nitrogens with zero attached hydrogens (tertiary/aromatic N) is 3. The van der Waals surface area contributed by atoms with Gasteiger partial charge in [-0.05, 0) is 19.3 Å². The second-order valence-corrected chi connectivity index (χ2v) is 4.26. The molecule has 0 unspecified atom stereocenters. The minimum absolute atomic E-state index is 0.510. The molecule has 0 fully saturated rings. The summed E-state index contributed by atoms with van der Waals surface area (Å²) in [6.45, 7) is 6.47. The van der Waals surface area contributed by atoms with E-state index in [1.54, 1.807) is 0 Å². The lowest BCUT2D eigenvalue weighted by Gasteiger charge is -2.28. The molecule has 4 heteroatoms. The van der Waals surface area contributed by atoms with Crippen molar-refractivity contribution < 1.29 is 0 Å². The van der Waals surface area contributed by atoms with Gasteiger partial charge >= 0.3 is 0 Å². The Labute approximate surface area is 103 Å². The van der Waals surface area contributed by atoms with Crippen molar-refractivity contribution >= 4 is 17.4 Å². The third-order valence-electron chi connectivity index (χ3n) is 3.05. The Hall–Kier alpha value is -0.830. The van der Waals surface area contributed by atoms with E-state index in [4.69, 9.17) is 11.6 Å². The molecule has 16 heavy (non-hydrogen) atoms. The second kappa shape index (κ2) is 6.04. The van der Waals surface area contributed by atoms with Crippen molar-refractivity contribution in [3.05, 3.63) is 17.0 Å². The van der Waals surface area contributed by atoms with Crippen LogP contribution in [0.1, 0.15) is 39.2 Å². The molecular formula is C12H20ClN3. The number of hydrogen-bond donors (Lipinski definition) is 0. The van der Waals surface area contributed by atoms with E-state index in [1.165, 1.54) is 6.33 Å². The molecule has 1 aromatic heterocycles. The summed E-state index contributed by atoms with van der Waals surface area (Å²) in [5.74, 6) is 0.969. The maximum atomic E-state index is 6.09. The summed E-state index contributed by atoms with van der Waals surface area (Å²) < 4.78 is 0. The van der Waals surface area contributed by atoms with Gasteiger partial charge in [-0.15, -0.1) is 0 Å². The monoisotopic (exact) mass is 241 g/mol. The summed E-state index contributed by atoms with van der Waals surface area (Å²) in [6, 6.07) is 0.510. The van der Waals surface area contributed by atoms with E-state index in [1.807, 2.05) is 0 Å². The lowest BCUT2D eigenvalue weighted by atomic mass is 10.1. The van der Waals surface area contributed by atoms with Crippen LogP contribution in [0.3, 0.4) is 0 Å². The van der Waals surface area contributed by atoms with Gasteiger partial charge in [0, 0.05) is 18.7 Å². The Kier molecular flexibility index (Phi) is 5.00. The predicted molar refractivity (Wildman–Crippen MR) is 69.2 cm³/mol. The average Bonchev–Trinajstić information content (AvgIpc) is 2.30. The van der Waals surface area contributed by atoms with Crippen molar-refractivity contribution in [2.75, 3.05) is 11.9 Å². The van der Waals surface area contributed by atoms with E-state index < -0.39 is 0 Å². The Morgan fingerprint density at radius 1 is 1.25 bits per heavy atom. The minimum Gasteiger partial charge on any atom is -0.356 e. The van der Waals surface area contributed by atoms with Crippen molar-refractivity contribution in [2.45, 2.75) is 46.1 Å². The number of hydrogen-bond acceptors (Lipinski definition) is 3. The fourth-order valence-corrected chi connectivity index (χ4v) is 2.26. The Morgan fingerprint density at radius 3 is 2.38 bits per heavy atom. The minimum atomic E-state index is 0.510. The molecule has 0 saturated carbocycles. The molecule has 1 aromatic rings. The number of halogens is 1. The van der Waals surface area contributed by atoms with Crippen LogP contribution in [-0.2, 0) is 6.42 Å². The molecule has 0 N–H and O–H groups in total. The fraction of sp³-hybridized carbons (Fsp3) is 0.667. The number of rotatable bonds is 5. The van der Waals surface area contributed by atoms with Crippen LogP contribution in [0.4, 0.5) is 5.82 Å². The molecule has 3 nitrogen and oxygen atoms in total. The first-order valence-corrected chi connectivity index (χ1v) is 6.25. The van der Waals surface area contributed by atoms with Crippen LogP contribution in [0.5, 0.6) is 0 Å². The lowest BCUT2D eigenvalue weighted by Crippen LogP contribution is -2.32. The van der Waals surface area contributed by atoms with Crippen LogP contribution < -0.4 is 4.90 Å². The number of aromatic nitrogens is 2. The molecule has 0 radical (unpaired) electrons. The van der Waals surface area contributed by atoms with Gasteiger partial charge in [-0.1, -0.05) is 32.4 Å². The van der Waals surface area contributed by atoms with Gasteiger partial charge in [0.25, 0.3) is 0 Å². The highest BCUT2D eigenvalue weighted by Crippen LogP contribution is 2.25. The molecule has 1 rings (SSSR count). The van der Waals surface area contributed by atoms with Crippen molar-refractivity contribution in [1.82, 2.24) is 9.97 Å². The Balaban J connectivity index is 3.07. The van der Waals surface area contributed by atoms with Gasteiger partial charge in [-0.3, -0.25) is 0 Å². The molecular weight excluding hydrogens is 222 g/mol. The lowest BCUT2D eigenvalue weighted by molar-refractivity contribution is 0.584.